The fourth-order valence-electron chi connectivity index (χ4n) is 2.46. The van der Waals surface area contributed by atoms with E-state index >= 15 is 0 Å². The van der Waals surface area contributed by atoms with Crippen molar-refractivity contribution in [1.82, 2.24) is 4.98 Å². The van der Waals surface area contributed by atoms with Gasteiger partial charge >= 0.3 is 5.97 Å². The van der Waals surface area contributed by atoms with Crippen LogP contribution in [0.3, 0.4) is 0 Å². The van der Waals surface area contributed by atoms with Crippen LogP contribution < -0.4 is 9.47 Å². The summed E-state index contributed by atoms with van der Waals surface area (Å²) >= 11 is 1.52. The molecule has 4 rings (SSSR count). The monoisotopic (exact) mass is 353 g/mol. The molecule has 0 unspecified atom stereocenters. The van der Waals surface area contributed by atoms with Crippen LogP contribution in [0.2, 0.25) is 0 Å². The van der Waals surface area contributed by atoms with E-state index in [1.807, 2.05) is 47.8 Å². The molecule has 0 amide bonds. The van der Waals surface area contributed by atoms with Crippen molar-refractivity contribution >= 4 is 17.3 Å². The van der Waals surface area contributed by atoms with E-state index in [9.17, 15) is 4.79 Å². The topological polar surface area (TPSA) is 57.7 Å². The van der Waals surface area contributed by atoms with Gasteiger partial charge in [-0.15, -0.1) is 11.3 Å². The second-order valence-corrected chi connectivity index (χ2v) is 6.34. The molecule has 0 N–H and O–H groups in total. The Morgan fingerprint density at radius 2 is 1.88 bits per heavy atom. The number of carbonyl (C=O) groups is 1. The minimum atomic E-state index is -0.762. The summed E-state index contributed by atoms with van der Waals surface area (Å²) in [4.78, 5) is 16.7. The predicted octanol–water partition coefficient (Wildman–Crippen LogP) is 3.69. The fourth-order valence-corrected chi connectivity index (χ4v) is 3.27. The fraction of sp³-hybridized carbons (Fsp3) is 0.158. The van der Waals surface area contributed by atoms with Gasteiger partial charge in [0.25, 0.3) is 0 Å². The van der Waals surface area contributed by atoms with Crippen molar-refractivity contribution in [3.8, 4) is 22.1 Å². The zero-order valence-corrected chi connectivity index (χ0v) is 14.1. The number of ether oxygens (including phenoxy) is 3. The summed E-state index contributed by atoms with van der Waals surface area (Å²) in [6.45, 7) is 0.256. The maximum Gasteiger partial charge on any atom is 0.351 e. The number of benzene rings is 2. The Morgan fingerprint density at radius 3 is 2.72 bits per heavy atom. The van der Waals surface area contributed by atoms with Gasteiger partial charge in [0.2, 0.25) is 6.10 Å². The van der Waals surface area contributed by atoms with Crippen molar-refractivity contribution in [2.24, 2.45) is 0 Å². The molecule has 2 aromatic carbocycles. The van der Waals surface area contributed by atoms with E-state index in [0.29, 0.717) is 17.2 Å². The highest BCUT2D eigenvalue weighted by Crippen LogP contribution is 2.31. The third-order valence-corrected chi connectivity index (χ3v) is 4.65. The minimum Gasteiger partial charge on any atom is -0.485 e. The van der Waals surface area contributed by atoms with Gasteiger partial charge in [-0.2, -0.15) is 0 Å². The van der Waals surface area contributed by atoms with E-state index in [1.54, 1.807) is 12.1 Å². The molecule has 0 bridgehead atoms. The van der Waals surface area contributed by atoms with E-state index in [4.69, 9.17) is 14.2 Å². The molecule has 3 aromatic rings. The van der Waals surface area contributed by atoms with Gasteiger partial charge in [-0.25, -0.2) is 9.78 Å². The summed E-state index contributed by atoms with van der Waals surface area (Å²) in [7, 11) is 0. The molecule has 0 aliphatic carbocycles. The number of fused-ring (bicyclic) bond motifs is 1. The molecule has 0 fully saturated rings. The zero-order valence-electron chi connectivity index (χ0n) is 13.3. The number of rotatable bonds is 4. The van der Waals surface area contributed by atoms with Crippen molar-refractivity contribution < 1.29 is 19.0 Å². The van der Waals surface area contributed by atoms with Crippen LogP contribution in [0.25, 0.3) is 10.6 Å². The van der Waals surface area contributed by atoms with Gasteiger partial charge in [0, 0.05) is 10.9 Å². The Kier molecular flexibility index (Phi) is 4.35. The van der Waals surface area contributed by atoms with E-state index in [1.165, 1.54) is 11.3 Å². The van der Waals surface area contributed by atoms with Crippen LogP contribution in [-0.4, -0.2) is 23.7 Å². The normalized spacial score (nSPS) is 15.6. The van der Waals surface area contributed by atoms with Crippen molar-refractivity contribution in [1.29, 1.82) is 0 Å². The van der Waals surface area contributed by atoms with Crippen molar-refractivity contribution in [3.63, 3.8) is 0 Å². The number of thiazole rings is 1. The van der Waals surface area contributed by atoms with Gasteiger partial charge in [-0.05, 0) is 12.1 Å². The molecule has 5 nitrogen and oxygen atoms in total. The van der Waals surface area contributed by atoms with Crippen molar-refractivity contribution in [3.05, 3.63) is 65.7 Å². The molecule has 1 atom stereocenters. The lowest BCUT2D eigenvalue weighted by atomic mass is 10.2. The van der Waals surface area contributed by atoms with Crippen LogP contribution in [0, 0.1) is 0 Å². The third kappa shape index (κ3) is 3.49. The van der Waals surface area contributed by atoms with Crippen LogP contribution >= 0.6 is 11.3 Å². The van der Waals surface area contributed by atoms with Gasteiger partial charge in [0.05, 0.1) is 5.69 Å². The molecule has 0 spiro atoms. The molecular weight excluding hydrogens is 338 g/mol. The van der Waals surface area contributed by atoms with Gasteiger partial charge in [-0.3, -0.25) is 0 Å². The number of hydrogen-bond acceptors (Lipinski definition) is 6. The Hall–Kier alpha value is -2.86. The van der Waals surface area contributed by atoms with E-state index in [0.717, 1.165) is 10.6 Å². The first-order chi connectivity index (χ1) is 12.3. The molecule has 0 saturated heterocycles. The Bertz CT molecular complexity index is 878. The average molecular weight is 353 g/mol. The minimum absolute atomic E-state index is 0.115. The Balaban J connectivity index is 1.36. The molecule has 0 radical (unpaired) electrons. The molecule has 0 saturated carbocycles. The molecule has 25 heavy (non-hydrogen) atoms. The lowest BCUT2D eigenvalue weighted by molar-refractivity contribution is -0.156. The SMILES string of the molecule is O=C(OCc1csc(-c2ccccc2)n1)[C@H]1COc2ccccc2O1. The number of para-hydroxylation sites is 2. The standard InChI is InChI=1S/C19H15NO4S/c21-19(17-11-22-15-8-4-5-9-16(15)24-17)23-10-14-12-25-18(20-14)13-6-2-1-3-7-13/h1-9,12,17H,10-11H2/t17-/m1/s1. The second-order valence-electron chi connectivity index (χ2n) is 5.48. The van der Waals surface area contributed by atoms with Crippen LogP contribution in [0.5, 0.6) is 11.5 Å². The molecule has 126 valence electrons. The molecule has 1 aliphatic rings. The summed E-state index contributed by atoms with van der Waals surface area (Å²) in [5.74, 6) is 0.734. The summed E-state index contributed by atoms with van der Waals surface area (Å²) in [5, 5.41) is 2.79. The highest BCUT2D eigenvalue weighted by Gasteiger charge is 2.28. The van der Waals surface area contributed by atoms with Crippen molar-refractivity contribution in [2.45, 2.75) is 12.7 Å². The lowest BCUT2D eigenvalue weighted by Crippen LogP contribution is -2.37. The smallest absolute Gasteiger partial charge is 0.351 e. The number of aromatic nitrogens is 1. The molecule has 1 aliphatic heterocycles. The maximum atomic E-state index is 12.2. The quantitative estimate of drug-likeness (QED) is 0.670. The summed E-state index contributed by atoms with van der Waals surface area (Å²) < 4.78 is 16.5. The number of hydrogen-bond donors (Lipinski definition) is 0. The average Bonchev–Trinajstić information content (AvgIpc) is 3.15. The molecule has 1 aromatic heterocycles. The van der Waals surface area contributed by atoms with Gasteiger partial charge in [-0.1, -0.05) is 42.5 Å². The maximum absolute atomic E-state index is 12.2. The van der Waals surface area contributed by atoms with Gasteiger partial charge in [0.1, 0.15) is 18.2 Å². The molecular formula is C19H15NO4S. The summed E-state index contributed by atoms with van der Waals surface area (Å²) in [6.07, 6.45) is -0.762. The summed E-state index contributed by atoms with van der Waals surface area (Å²) in [6, 6.07) is 17.1. The predicted molar refractivity (Wildman–Crippen MR) is 93.7 cm³/mol. The lowest BCUT2D eigenvalue weighted by Gasteiger charge is -2.24. The highest BCUT2D eigenvalue weighted by atomic mass is 32.1. The summed E-state index contributed by atoms with van der Waals surface area (Å²) in [5.41, 5.74) is 1.76. The Morgan fingerprint density at radius 1 is 1.12 bits per heavy atom. The number of carbonyl (C=O) groups excluding carboxylic acids is 1. The van der Waals surface area contributed by atoms with Crippen LogP contribution in [0.4, 0.5) is 0 Å². The third-order valence-electron chi connectivity index (χ3n) is 3.71. The first-order valence-corrected chi connectivity index (χ1v) is 8.72. The van der Waals surface area contributed by atoms with Crippen LogP contribution in [-0.2, 0) is 16.1 Å². The first kappa shape index (κ1) is 15.7. The zero-order chi connectivity index (χ0) is 17.1. The molecule has 2 heterocycles. The largest absolute Gasteiger partial charge is 0.485 e. The number of esters is 1. The van der Waals surface area contributed by atoms with Crippen LogP contribution in [0.15, 0.2) is 60.0 Å². The van der Waals surface area contributed by atoms with E-state index < -0.39 is 12.1 Å². The van der Waals surface area contributed by atoms with E-state index in [-0.39, 0.29) is 13.2 Å². The van der Waals surface area contributed by atoms with Gasteiger partial charge < -0.3 is 14.2 Å². The Labute approximate surface area is 148 Å². The second kappa shape index (κ2) is 6.94. The van der Waals surface area contributed by atoms with Crippen molar-refractivity contribution in [2.75, 3.05) is 6.61 Å². The highest BCUT2D eigenvalue weighted by molar-refractivity contribution is 7.13. The molecule has 6 heteroatoms. The van der Waals surface area contributed by atoms with Crippen LogP contribution in [0.1, 0.15) is 5.69 Å². The van der Waals surface area contributed by atoms with E-state index in [2.05, 4.69) is 4.98 Å². The first-order valence-electron chi connectivity index (χ1n) is 7.84. The van der Waals surface area contributed by atoms with Gasteiger partial charge in [0.15, 0.2) is 11.5 Å². The number of nitrogens with zero attached hydrogens (tertiary/aromatic N) is 1.